The lowest BCUT2D eigenvalue weighted by atomic mass is 10.4. The zero-order chi connectivity index (χ0) is 13.6. The topological polar surface area (TPSA) is 77.3 Å². The molecule has 0 atom stereocenters. The van der Waals surface area contributed by atoms with E-state index in [-0.39, 0.29) is 18.8 Å². The maximum atomic E-state index is 11.7. The van der Waals surface area contributed by atoms with E-state index >= 15 is 0 Å². The third-order valence-electron chi connectivity index (χ3n) is 1.78. The fourth-order valence-corrected chi connectivity index (χ4v) is 1.04. The second-order valence-electron chi connectivity index (χ2n) is 3.25. The van der Waals surface area contributed by atoms with E-state index in [4.69, 9.17) is 0 Å². The second kappa shape index (κ2) is 6.15. The lowest BCUT2D eigenvalue weighted by molar-refractivity contribution is -0.385. The average Bonchev–Trinajstić information content (AvgIpc) is 2.27. The number of anilines is 1. The average molecular weight is 265 g/mol. The van der Waals surface area contributed by atoms with Gasteiger partial charge in [-0.25, -0.2) is 4.98 Å². The minimum atomic E-state index is -4.34. The number of hydrogen-bond donors (Lipinski definition) is 1. The number of rotatable bonds is 6. The van der Waals surface area contributed by atoms with Crippen molar-refractivity contribution in [3.05, 3.63) is 28.4 Å². The van der Waals surface area contributed by atoms with Crippen molar-refractivity contribution in [2.75, 3.05) is 25.1 Å². The molecule has 0 unspecified atom stereocenters. The lowest BCUT2D eigenvalue weighted by Crippen LogP contribution is -2.20. The Hall–Kier alpha value is -1.90. The highest BCUT2D eigenvalue weighted by Gasteiger charge is 2.27. The lowest BCUT2D eigenvalue weighted by Gasteiger charge is -2.08. The highest BCUT2D eigenvalue weighted by atomic mass is 19.4. The SMILES string of the molecule is O=[N+]([O-])c1ccc(NCCOCC(F)(F)F)nc1. The van der Waals surface area contributed by atoms with E-state index in [9.17, 15) is 23.3 Å². The van der Waals surface area contributed by atoms with E-state index in [1.807, 2.05) is 0 Å². The van der Waals surface area contributed by atoms with Crippen molar-refractivity contribution >= 4 is 11.5 Å². The van der Waals surface area contributed by atoms with Gasteiger partial charge in [0.1, 0.15) is 18.6 Å². The summed E-state index contributed by atoms with van der Waals surface area (Å²) >= 11 is 0. The molecule has 0 aliphatic carbocycles. The summed E-state index contributed by atoms with van der Waals surface area (Å²) in [5.41, 5.74) is -0.158. The van der Waals surface area contributed by atoms with Crippen molar-refractivity contribution in [2.45, 2.75) is 6.18 Å². The Morgan fingerprint density at radius 1 is 1.44 bits per heavy atom. The molecule has 1 heterocycles. The molecular formula is C9H10F3N3O3. The van der Waals surface area contributed by atoms with E-state index in [1.54, 1.807) is 0 Å². The summed E-state index contributed by atoms with van der Waals surface area (Å²) in [4.78, 5) is 13.4. The predicted octanol–water partition coefficient (Wildman–Crippen LogP) is 1.98. The van der Waals surface area contributed by atoms with Gasteiger partial charge in [-0.1, -0.05) is 0 Å². The molecular weight excluding hydrogens is 255 g/mol. The number of nitro groups is 1. The molecule has 0 aliphatic heterocycles. The van der Waals surface area contributed by atoms with Crippen molar-refractivity contribution in [1.82, 2.24) is 4.98 Å². The molecule has 1 aromatic rings. The fraction of sp³-hybridized carbons (Fsp3) is 0.444. The highest BCUT2D eigenvalue weighted by molar-refractivity contribution is 5.39. The van der Waals surface area contributed by atoms with Gasteiger partial charge in [0.2, 0.25) is 0 Å². The summed E-state index contributed by atoms with van der Waals surface area (Å²) in [6, 6.07) is 2.60. The molecule has 0 bridgehead atoms. The van der Waals surface area contributed by atoms with Gasteiger partial charge in [0.15, 0.2) is 0 Å². The quantitative estimate of drug-likeness (QED) is 0.483. The molecule has 0 fully saturated rings. The summed E-state index contributed by atoms with van der Waals surface area (Å²) < 4.78 is 39.5. The number of nitrogens with one attached hydrogen (secondary N) is 1. The molecule has 9 heteroatoms. The Kier molecular flexibility index (Phi) is 4.84. The van der Waals surface area contributed by atoms with Gasteiger partial charge in [-0.05, 0) is 6.07 Å². The van der Waals surface area contributed by atoms with Crippen molar-refractivity contribution in [2.24, 2.45) is 0 Å². The predicted molar refractivity (Wildman–Crippen MR) is 56.3 cm³/mol. The fourth-order valence-electron chi connectivity index (χ4n) is 1.04. The minimum Gasteiger partial charge on any atom is -0.370 e. The normalized spacial score (nSPS) is 11.3. The van der Waals surface area contributed by atoms with E-state index < -0.39 is 17.7 Å². The van der Waals surface area contributed by atoms with Crippen molar-refractivity contribution in [3.63, 3.8) is 0 Å². The zero-order valence-electron chi connectivity index (χ0n) is 9.11. The van der Waals surface area contributed by atoms with Crippen LogP contribution in [-0.4, -0.2) is 35.8 Å². The van der Waals surface area contributed by atoms with Crippen LogP contribution in [0, 0.1) is 10.1 Å². The molecule has 1 N–H and O–H groups in total. The van der Waals surface area contributed by atoms with Crippen LogP contribution in [-0.2, 0) is 4.74 Å². The van der Waals surface area contributed by atoms with Crippen LogP contribution in [0.2, 0.25) is 0 Å². The van der Waals surface area contributed by atoms with Crippen LogP contribution in [0.15, 0.2) is 18.3 Å². The number of ether oxygens (including phenoxy) is 1. The molecule has 0 radical (unpaired) electrons. The van der Waals surface area contributed by atoms with Crippen LogP contribution in [0.3, 0.4) is 0 Å². The first-order chi connectivity index (χ1) is 8.38. The standard InChI is InChI=1S/C9H10F3N3O3/c10-9(11,12)6-18-4-3-13-8-2-1-7(5-14-8)15(16)17/h1-2,5H,3-4,6H2,(H,13,14). The Morgan fingerprint density at radius 2 is 2.17 bits per heavy atom. The first kappa shape index (κ1) is 14.2. The number of hydrogen-bond acceptors (Lipinski definition) is 5. The Labute approximate surface area is 99.9 Å². The first-order valence-electron chi connectivity index (χ1n) is 4.87. The maximum Gasteiger partial charge on any atom is 0.411 e. The monoisotopic (exact) mass is 265 g/mol. The summed E-state index contributed by atoms with van der Waals surface area (Å²) in [5, 5.41) is 13.0. The molecule has 0 aliphatic rings. The van der Waals surface area contributed by atoms with E-state index in [1.165, 1.54) is 12.1 Å². The van der Waals surface area contributed by atoms with Crippen LogP contribution < -0.4 is 5.32 Å². The van der Waals surface area contributed by atoms with Gasteiger partial charge in [-0.2, -0.15) is 13.2 Å². The van der Waals surface area contributed by atoms with Crippen LogP contribution in [0.25, 0.3) is 0 Å². The Bertz CT molecular complexity index is 394. The number of nitrogens with zero attached hydrogens (tertiary/aromatic N) is 2. The van der Waals surface area contributed by atoms with Gasteiger partial charge in [-0.3, -0.25) is 10.1 Å². The molecule has 0 amide bonds. The molecule has 0 spiro atoms. The number of halogens is 3. The second-order valence-corrected chi connectivity index (χ2v) is 3.25. The van der Waals surface area contributed by atoms with Gasteiger partial charge in [0, 0.05) is 12.6 Å². The van der Waals surface area contributed by atoms with Crippen LogP contribution in [0.5, 0.6) is 0 Å². The van der Waals surface area contributed by atoms with Crippen LogP contribution in [0.1, 0.15) is 0 Å². The van der Waals surface area contributed by atoms with Gasteiger partial charge >= 0.3 is 6.18 Å². The molecule has 0 aromatic carbocycles. The van der Waals surface area contributed by atoms with Crippen molar-refractivity contribution in [1.29, 1.82) is 0 Å². The van der Waals surface area contributed by atoms with E-state index in [0.717, 1.165) is 6.20 Å². The summed E-state index contributed by atoms with van der Waals surface area (Å²) in [5.74, 6) is 0.330. The Balaban J connectivity index is 2.25. The number of alkyl halides is 3. The molecule has 100 valence electrons. The molecule has 0 saturated heterocycles. The first-order valence-corrected chi connectivity index (χ1v) is 4.87. The molecule has 0 saturated carbocycles. The molecule has 1 rings (SSSR count). The van der Waals surface area contributed by atoms with Gasteiger partial charge in [0.05, 0.1) is 11.5 Å². The van der Waals surface area contributed by atoms with E-state index in [2.05, 4.69) is 15.0 Å². The smallest absolute Gasteiger partial charge is 0.370 e. The maximum absolute atomic E-state index is 11.7. The zero-order valence-corrected chi connectivity index (χ0v) is 9.11. The van der Waals surface area contributed by atoms with Crippen molar-refractivity contribution in [3.8, 4) is 0 Å². The molecule has 6 nitrogen and oxygen atoms in total. The number of aromatic nitrogens is 1. The third kappa shape index (κ3) is 5.43. The summed E-state index contributed by atoms with van der Waals surface area (Å²) in [6.07, 6.45) is -3.29. The van der Waals surface area contributed by atoms with Crippen LogP contribution >= 0.6 is 0 Å². The van der Waals surface area contributed by atoms with Gasteiger partial charge in [0.25, 0.3) is 5.69 Å². The summed E-state index contributed by atoms with van der Waals surface area (Å²) in [6.45, 7) is -1.32. The van der Waals surface area contributed by atoms with Crippen molar-refractivity contribution < 1.29 is 22.8 Å². The Morgan fingerprint density at radius 3 is 2.67 bits per heavy atom. The minimum absolute atomic E-state index is 0.126. The molecule has 1 aromatic heterocycles. The van der Waals surface area contributed by atoms with Crippen LogP contribution in [0.4, 0.5) is 24.7 Å². The van der Waals surface area contributed by atoms with E-state index in [0.29, 0.717) is 5.82 Å². The molecule has 18 heavy (non-hydrogen) atoms. The third-order valence-corrected chi connectivity index (χ3v) is 1.78. The number of pyridine rings is 1. The van der Waals surface area contributed by atoms with Gasteiger partial charge in [-0.15, -0.1) is 0 Å². The largest absolute Gasteiger partial charge is 0.411 e. The van der Waals surface area contributed by atoms with Gasteiger partial charge < -0.3 is 10.1 Å². The highest BCUT2D eigenvalue weighted by Crippen LogP contribution is 2.14. The summed E-state index contributed by atoms with van der Waals surface area (Å²) in [7, 11) is 0.